The highest BCUT2D eigenvalue weighted by molar-refractivity contribution is 6.03. The molecule has 0 amide bonds. The summed E-state index contributed by atoms with van der Waals surface area (Å²) in [4.78, 5) is 15.3. The van der Waals surface area contributed by atoms with Gasteiger partial charge in [-0.25, -0.2) is 4.79 Å². The van der Waals surface area contributed by atoms with Crippen molar-refractivity contribution < 1.29 is 15.0 Å². The first kappa shape index (κ1) is 14.8. The highest BCUT2D eigenvalue weighted by atomic mass is 16.4. The Morgan fingerprint density at radius 2 is 1.91 bits per heavy atom. The summed E-state index contributed by atoms with van der Waals surface area (Å²) >= 11 is 0. The zero-order chi connectivity index (χ0) is 16.4. The number of carbonyl (C=O) groups is 1. The van der Waals surface area contributed by atoms with E-state index >= 15 is 0 Å². The maximum Gasteiger partial charge on any atom is 0.335 e. The van der Waals surface area contributed by atoms with Crippen LogP contribution in [-0.4, -0.2) is 17.3 Å². The number of rotatable bonds is 3. The molecular weight excluding hydrogens is 290 g/mol. The average molecular weight is 304 g/mol. The molecule has 0 saturated heterocycles. The summed E-state index contributed by atoms with van der Waals surface area (Å²) in [6, 6.07) is 15.7. The molecule has 0 atom stereocenters. The van der Waals surface area contributed by atoms with Crippen molar-refractivity contribution in [1.29, 1.82) is 0 Å². The first-order valence-corrected chi connectivity index (χ1v) is 7.13. The number of aryl methyl sites for hydroxylation is 1. The van der Waals surface area contributed by atoms with Crippen molar-refractivity contribution in [2.45, 2.75) is 6.92 Å². The van der Waals surface area contributed by atoms with Crippen LogP contribution >= 0.6 is 0 Å². The molecule has 3 aromatic carbocycles. The summed E-state index contributed by atoms with van der Waals surface area (Å²) in [5.41, 5.74) is 2.14. The van der Waals surface area contributed by atoms with Crippen LogP contribution < -0.4 is 5.11 Å². The summed E-state index contributed by atoms with van der Waals surface area (Å²) in [5.74, 6) is -1.06. The van der Waals surface area contributed by atoms with Gasteiger partial charge in [0.25, 0.3) is 0 Å². The highest BCUT2D eigenvalue weighted by Gasteiger charge is 2.05. The highest BCUT2D eigenvalue weighted by Crippen LogP contribution is 2.25. The van der Waals surface area contributed by atoms with Gasteiger partial charge in [-0.05, 0) is 47.0 Å². The molecule has 0 aromatic heterocycles. The molecule has 0 heterocycles. The molecule has 0 bridgehead atoms. The average Bonchev–Trinajstić information content (AvgIpc) is 2.55. The molecule has 114 valence electrons. The zero-order valence-corrected chi connectivity index (χ0v) is 12.5. The second kappa shape index (κ2) is 5.93. The van der Waals surface area contributed by atoms with Gasteiger partial charge < -0.3 is 10.2 Å². The molecule has 0 fully saturated rings. The lowest BCUT2D eigenvalue weighted by Gasteiger charge is -2.13. The molecule has 3 aromatic rings. The van der Waals surface area contributed by atoms with Crippen molar-refractivity contribution >= 4 is 28.6 Å². The largest absolute Gasteiger partial charge is 0.872 e. The van der Waals surface area contributed by atoms with Crippen molar-refractivity contribution in [3.8, 4) is 5.75 Å². The topological polar surface area (TPSA) is 72.7 Å². The maximum atomic E-state index is 12.1. The predicted molar refractivity (Wildman–Crippen MR) is 88.8 cm³/mol. The first-order valence-electron chi connectivity index (χ1n) is 7.13. The van der Waals surface area contributed by atoms with E-state index in [9.17, 15) is 9.90 Å². The molecule has 3 rings (SSSR count). The van der Waals surface area contributed by atoms with E-state index in [2.05, 4.69) is 4.99 Å². The number of carboxylic acids is 1. The van der Waals surface area contributed by atoms with Crippen molar-refractivity contribution in [2.24, 2.45) is 4.99 Å². The van der Waals surface area contributed by atoms with Gasteiger partial charge in [-0.1, -0.05) is 42.1 Å². The van der Waals surface area contributed by atoms with Crippen LogP contribution in [0.5, 0.6) is 5.75 Å². The first-order chi connectivity index (χ1) is 11.1. The van der Waals surface area contributed by atoms with Gasteiger partial charge in [0, 0.05) is 6.21 Å². The van der Waals surface area contributed by atoms with Crippen LogP contribution in [0.25, 0.3) is 10.8 Å². The molecule has 0 saturated carbocycles. The fourth-order valence-electron chi connectivity index (χ4n) is 2.48. The number of aliphatic imine (C=N–C) groups is 1. The number of hydrogen-bond acceptors (Lipinski definition) is 3. The summed E-state index contributed by atoms with van der Waals surface area (Å²) in [6.07, 6.45) is 1.55. The van der Waals surface area contributed by atoms with Crippen molar-refractivity contribution in [3.63, 3.8) is 0 Å². The van der Waals surface area contributed by atoms with Gasteiger partial charge in [0.1, 0.15) is 0 Å². The van der Waals surface area contributed by atoms with E-state index in [1.165, 1.54) is 12.1 Å². The van der Waals surface area contributed by atoms with E-state index in [4.69, 9.17) is 5.11 Å². The Bertz CT molecular complexity index is 929. The van der Waals surface area contributed by atoms with Gasteiger partial charge in [-0.3, -0.25) is 4.99 Å². The van der Waals surface area contributed by atoms with Gasteiger partial charge in [0.2, 0.25) is 0 Å². The third-order valence-corrected chi connectivity index (χ3v) is 3.71. The Morgan fingerprint density at radius 1 is 1.13 bits per heavy atom. The van der Waals surface area contributed by atoms with Crippen LogP contribution in [0.4, 0.5) is 5.69 Å². The standard InChI is InChI=1S/C19H15NO3/c1-12-10-14(19(22)23)6-8-17(12)20-11-16-15-5-3-2-4-13(15)7-9-18(16)21/h2-11,21H,1H3,(H,22,23)/p-1. The maximum absolute atomic E-state index is 12.1. The molecule has 0 aliphatic rings. The summed E-state index contributed by atoms with van der Waals surface area (Å²) in [6.45, 7) is 1.79. The Labute approximate surface area is 133 Å². The summed E-state index contributed by atoms with van der Waals surface area (Å²) in [7, 11) is 0. The van der Waals surface area contributed by atoms with Crippen molar-refractivity contribution in [1.82, 2.24) is 0 Å². The van der Waals surface area contributed by atoms with Gasteiger partial charge in [-0.2, -0.15) is 0 Å². The zero-order valence-electron chi connectivity index (χ0n) is 12.5. The molecule has 0 radical (unpaired) electrons. The number of benzene rings is 3. The molecule has 0 unspecified atom stereocenters. The van der Waals surface area contributed by atoms with Crippen LogP contribution in [0, 0.1) is 6.92 Å². The lowest BCUT2D eigenvalue weighted by molar-refractivity contribution is -0.268. The van der Waals surface area contributed by atoms with Crippen LogP contribution in [-0.2, 0) is 0 Å². The second-order valence-electron chi connectivity index (χ2n) is 5.26. The molecule has 0 spiro atoms. The number of fused-ring (bicyclic) bond motifs is 1. The molecule has 0 aliphatic carbocycles. The fourth-order valence-corrected chi connectivity index (χ4v) is 2.48. The summed E-state index contributed by atoms with van der Waals surface area (Å²) < 4.78 is 0. The van der Waals surface area contributed by atoms with Gasteiger partial charge in [0.15, 0.2) is 0 Å². The molecule has 4 heteroatoms. The third-order valence-electron chi connectivity index (χ3n) is 3.71. The number of carboxylic acid groups (broad SMARTS) is 1. The van der Waals surface area contributed by atoms with E-state index in [-0.39, 0.29) is 11.3 Å². The van der Waals surface area contributed by atoms with E-state index in [1.807, 2.05) is 24.3 Å². The quantitative estimate of drug-likeness (QED) is 0.750. The van der Waals surface area contributed by atoms with Crippen molar-refractivity contribution in [2.75, 3.05) is 0 Å². The predicted octanol–water partition coefficient (Wildman–Crippen LogP) is 3.67. The minimum atomic E-state index is -0.973. The third kappa shape index (κ3) is 2.92. The Morgan fingerprint density at radius 3 is 2.65 bits per heavy atom. The van der Waals surface area contributed by atoms with E-state index in [0.717, 1.165) is 16.3 Å². The van der Waals surface area contributed by atoms with Crippen LogP contribution in [0.1, 0.15) is 21.5 Å². The molecule has 23 heavy (non-hydrogen) atoms. The van der Waals surface area contributed by atoms with Crippen molar-refractivity contribution in [3.05, 3.63) is 71.3 Å². The number of nitrogens with zero attached hydrogens (tertiary/aromatic N) is 1. The minimum Gasteiger partial charge on any atom is -0.872 e. The Kier molecular flexibility index (Phi) is 3.81. The van der Waals surface area contributed by atoms with E-state index < -0.39 is 5.97 Å². The SMILES string of the molecule is Cc1cc(C(=O)O)ccc1N=Cc1c([O-])ccc2ccccc12. The number of hydrogen-bond donors (Lipinski definition) is 1. The Hall–Kier alpha value is -3.14. The molecular formula is C19H14NO3-. The normalized spacial score (nSPS) is 11.2. The number of aromatic carboxylic acids is 1. The van der Waals surface area contributed by atoms with Crippen LogP contribution in [0.2, 0.25) is 0 Å². The fraction of sp³-hybridized carbons (Fsp3) is 0.0526. The summed E-state index contributed by atoms with van der Waals surface area (Å²) in [5, 5.41) is 22.9. The van der Waals surface area contributed by atoms with Gasteiger partial charge in [-0.15, -0.1) is 0 Å². The lowest BCUT2D eigenvalue weighted by atomic mass is 10.0. The Balaban J connectivity index is 2.04. The monoisotopic (exact) mass is 304 g/mol. The lowest BCUT2D eigenvalue weighted by Crippen LogP contribution is -1.97. The van der Waals surface area contributed by atoms with Crippen LogP contribution in [0.3, 0.4) is 0 Å². The molecule has 1 N–H and O–H groups in total. The molecule has 4 nitrogen and oxygen atoms in total. The van der Waals surface area contributed by atoms with E-state index in [0.29, 0.717) is 11.3 Å². The second-order valence-corrected chi connectivity index (χ2v) is 5.26. The molecule has 0 aliphatic heterocycles. The van der Waals surface area contributed by atoms with Gasteiger partial charge >= 0.3 is 5.97 Å². The van der Waals surface area contributed by atoms with E-state index in [1.54, 1.807) is 31.3 Å². The minimum absolute atomic E-state index is 0.0905. The van der Waals surface area contributed by atoms with Crippen LogP contribution in [0.15, 0.2) is 59.6 Å². The van der Waals surface area contributed by atoms with Gasteiger partial charge in [0.05, 0.1) is 11.3 Å². The smallest absolute Gasteiger partial charge is 0.335 e.